The molecule has 1 fully saturated rings. The van der Waals surface area contributed by atoms with Crippen molar-refractivity contribution in [2.75, 3.05) is 11.4 Å². The Morgan fingerprint density at radius 2 is 1.85 bits per heavy atom. The number of carbonyl (C=O) groups is 2. The van der Waals surface area contributed by atoms with Gasteiger partial charge in [-0.1, -0.05) is 56.3 Å². The molecule has 2 amide bonds. The second-order valence-corrected chi connectivity index (χ2v) is 6.80. The van der Waals surface area contributed by atoms with Gasteiger partial charge in [0.2, 0.25) is 11.8 Å². The predicted molar refractivity (Wildman–Crippen MR) is 103 cm³/mol. The van der Waals surface area contributed by atoms with Gasteiger partial charge in [-0.3, -0.25) is 9.59 Å². The van der Waals surface area contributed by atoms with Crippen molar-refractivity contribution in [2.45, 2.75) is 26.2 Å². The Morgan fingerprint density at radius 3 is 2.50 bits per heavy atom. The van der Waals surface area contributed by atoms with Crippen LogP contribution in [0, 0.1) is 5.92 Å². The van der Waals surface area contributed by atoms with E-state index in [9.17, 15) is 9.59 Å². The highest BCUT2D eigenvalue weighted by Gasteiger charge is 2.34. The van der Waals surface area contributed by atoms with Gasteiger partial charge in [-0.15, -0.1) is 0 Å². The number of hydrogen-bond donors (Lipinski definition) is 1. The lowest BCUT2D eigenvalue weighted by molar-refractivity contribution is -0.126. The maximum Gasteiger partial charge on any atom is 0.245 e. The third-order valence-corrected chi connectivity index (χ3v) is 4.56. The predicted octanol–water partition coefficient (Wildman–Crippen LogP) is 3.31. The summed E-state index contributed by atoms with van der Waals surface area (Å²) in [6, 6.07) is 17.5. The zero-order chi connectivity index (χ0) is 18.5. The first-order valence-electron chi connectivity index (χ1n) is 8.83. The molecule has 0 radical (unpaired) electrons. The van der Waals surface area contributed by atoms with Gasteiger partial charge in [-0.2, -0.15) is 5.10 Å². The molecule has 1 heterocycles. The van der Waals surface area contributed by atoms with Crippen molar-refractivity contribution in [3.8, 4) is 0 Å². The van der Waals surface area contributed by atoms with Crippen molar-refractivity contribution < 1.29 is 9.59 Å². The molecule has 3 rings (SSSR count). The normalized spacial score (nSPS) is 17.3. The quantitative estimate of drug-likeness (QED) is 0.665. The van der Waals surface area contributed by atoms with Crippen molar-refractivity contribution in [3.05, 3.63) is 65.7 Å². The Labute approximate surface area is 153 Å². The van der Waals surface area contributed by atoms with Crippen molar-refractivity contribution in [1.29, 1.82) is 0 Å². The van der Waals surface area contributed by atoms with Crippen LogP contribution < -0.4 is 10.3 Å². The first-order chi connectivity index (χ1) is 12.5. The number of anilines is 1. The van der Waals surface area contributed by atoms with Crippen LogP contribution >= 0.6 is 0 Å². The Morgan fingerprint density at radius 1 is 1.15 bits per heavy atom. The van der Waals surface area contributed by atoms with E-state index in [1.165, 1.54) is 5.56 Å². The van der Waals surface area contributed by atoms with E-state index in [1.54, 1.807) is 11.1 Å². The molecule has 2 aromatic carbocycles. The molecule has 1 atom stereocenters. The second-order valence-electron chi connectivity index (χ2n) is 6.80. The van der Waals surface area contributed by atoms with Gasteiger partial charge in [0, 0.05) is 18.7 Å². The SMILES string of the molecule is CC(C)c1ccc(/C=N\NC(=O)[C@H]2CC(=O)N(c3ccccc3)C2)cc1. The molecule has 0 aliphatic carbocycles. The highest BCUT2D eigenvalue weighted by atomic mass is 16.2. The van der Waals surface area contributed by atoms with Crippen LogP contribution in [0.25, 0.3) is 0 Å². The minimum absolute atomic E-state index is 0.0374. The molecule has 1 aliphatic rings. The Bertz CT molecular complexity index is 798. The number of hydrazone groups is 1. The van der Waals surface area contributed by atoms with Crippen LogP contribution in [0.5, 0.6) is 0 Å². The van der Waals surface area contributed by atoms with E-state index in [0.29, 0.717) is 12.5 Å². The molecule has 0 aromatic heterocycles. The monoisotopic (exact) mass is 349 g/mol. The fourth-order valence-corrected chi connectivity index (χ4v) is 2.97. The summed E-state index contributed by atoms with van der Waals surface area (Å²) < 4.78 is 0. The van der Waals surface area contributed by atoms with E-state index in [2.05, 4.69) is 36.5 Å². The van der Waals surface area contributed by atoms with E-state index in [1.807, 2.05) is 42.5 Å². The van der Waals surface area contributed by atoms with Gasteiger partial charge in [0.25, 0.3) is 0 Å². The third kappa shape index (κ3) is 4.17. The second kappa shape index (κ2) is 7.95. The molecular formula is C21H23N3O2. The van der Waals surface area contributed by atoms with Crippen LogP contribution in [0.3, 0.4) is 0 Å². The van der Waals surface area contributed by atoms with E-state index < -0.39 is 0 Å². The fraction of sp³-hybridized carbons (Fsp3) is 0.286. The summed E-state index contributed by atoms with van der Waals surface area (Å²) in [6.45, 7) is 4.67. The molecule has 5 heteroatoms. The van der Waals surface area contributed by atoms with Gasteiger partial charge in [-0.25, -0.2) is 5.43 Å². The summed E-state index contributed by atoms with van der Waals surface area (Å²) in [7, 11) is 0. The van der Waals surface area contributed by atoms with Gasteiger partial charge >= 0.3 is 0 Å². The highest BCUT2D eigenvalue weighted by molar-refractivity contribution is 6.00. The standard InChI is InChI=1S/C21H23N3O2/c1-15(2)17-10-8-16(9-11-17)13-22-23-21(26)18-12-20(25)24(14-18)19-6-4-3-5-7-19/h3-11,13,15,18H,12,14H2,1-2H3,(H,23,26)/b22-13-/t18-/m0/s1. The van der Waals surface area contributed by atoms with E-state index in [4.69, 9.17) is 0 Å². The van der Waals surface area contributed by atoms with Crippen LogP contribution in [0.4, 0.5) is 5.69 Å². The van der Waals surface area contributed by atoms with Crippen molar-refractivity contribution in [1.82, 2.24) is 5.43 Å². The lowest BCUT2D eigenvalue weighted by Crippen LogP contribution is -2.30. The molecule has 26 heavy (non-hydrogen) atoms. The lowest BCUT2D eigenvalue weighted by atomic mass is 10.0. The molecule has 0 unspecified atom stereocenters. The maximum absolute atomic E-state index is 12.3. The van der Waals surface area contributed by atoms with Crippen molar-refractivity contribution >= 4 is 23.7 Å². The first-order valence-corrected chi connectivity index (χ1v) is 8.83. The first kappa shape index (κ1) is 17.9. The smallest absolute Gasteiger partial charge is 0.245 e. The summed E-state index contributed by atoms with van der Waals surface area (Å²) in [5.74, 6) is -0.173. The molecule has 5 nitrogen and oxygen atoms in total. The number of carbonyl (C=O) groups excluding carboxylic acids is 2. The van der Waals surface area contributed by atoms with Gasteiger partial charge < -0.3 is 4.90 Å². The number of nitrogens with zero attached hydrogens (tertiary/aromatic N) is 2. The number of rotatable bonds is 5. The highest BCUT2D eigenvalue weighted by Crippen LogP contribution is 2.24. The lowest BCUT2D eigenvalue weighted by Gasteiger charge is -2.16. The van der Waals surface area contributed by atoms with Crippen molar-refractivity contribution in [3.63, 3.8) is 0 Å². The van der Waals surface area contributed by atoms with Gasteiger partial charge in [0.15, 0.2) is 0 Å². The summed E-state index contributed by atoms with van der Waals surface area (Å²) in [6.07, 6.45) is 1.83. The number of para-hydroxylation sites is 1. The number of nitrogens with one attached hydrogen (secondary N) is 1. The summed E-state index contributed by atoms with van der Waals surface area (Å²) in [5, 5.41) is 4.03. The van der Waals surface area contributed by atoms with Gasteiger partial charge in [0.05, 0.1) is 12.1 Å². The van der Waals surface area contributed by atoms with Crippen LogP contribution in [0.15, 0.2) is 59.7 Å². The number of benzene rings is 2. The fourth-order valence-electron chi connectivity index (χ4n) is 2.97. The molecule has 1 saturated heterocycles. The molecule has 0 spiro atoms. The van der Waals surface area contributed by atoms with Crippen LogP contribution in [0.1, 0.15) is 37.3 Å². The van der Waals surface area contributed by atoms with E-state index in [-0.39, 0.29) is 24.2 Å². The minimum Gasteiger partial charge on any atom is -0.312 e. The van der Waals surface area contributed by atoms with Gasteiger partial charge in [0.1, 0.15) is 0 Å². The molecule has 1 N–H and O–H groups in total. The number of amides is 2. The molecule has 0 saturated carbocycles. The summed E-state index contributed by atoms with van der Waals surface area (Å²) in [5.41, 5.74) is 5.56. The number of hydrogen-bond acceptors (Lipinski definition) is 3. The van der Waals surface area contributed by atoms with E-state index >= 15 is 0 Å². The van der Waals surface area contributed by atoms with Crippen LogP contribution in [0.2, 0.25) is 0 Å². The Balaban J connectivity index is 1.56. The van der Waals surface area contributed by atoms with Gasteiger partial charge in [-0.05, 0) is 29.2 Å². The average molecular weight is 349 g/mol. The minimum atomic E-state index is -0.386. The van der Waals surface area contributed by atoms with E-state index in [0.717, 1.165) is 11.3 Å². The molecule has 1 aliphatic heterocycles. The van der Waals surface area contributed by atoms with Crippen LogP contribution in [-0.2, 0) is 9.59 Å². The summed E-state index contributed by atoms with van der Waals surface area (Å²) in [4.78, 5) is 26.1. The Kier molecular flexibility index (Phi) is 5.46. The topological polar surface area (TPSA) is 61.8 Å². The largest absolute Gasteiger partial charge is 0.312 e. The maximum atomic E-state index is 12.3. The molecule has 0 bridgehead atoms. The summed E-state index contributed by atoms with van der Waals surface area (Å²) >= 11 is 0. The zero-order valence-corrected chi connectivity index (χ0v) is 15.1. The molecule has 2 aromatic rings. The average Bonchev–Trinajstić information content (AvgIpc) is 3.04. The zero-order valence-electron chi connectivity index (χ0n) is 15.1. The third-order valence-electron chi connectivity index (χ3n) is 4.56. The molecule has 134 valence electrons. The molecular weight excluding hydrogens is 326 g/mol. The van der Waals surface area contributed by atoms with Crippen LogP contribution in [-0.4, -0.2) is 24.6 Å². The Hall–Kier alpha value is -2.95. The van der Waals surface area contributed by atoms with Crippen molar-refractivity contribution in [2.24, 2.45) is 11.0 Å².